The Morgan fingerprint density at radius 1 is 1.16 bits per heavy atom. The van der Waals surface area contributed by atoms with Gasteiger partial charge in [0.15, 0.2) is 5.78 Å². The predicted molar refractivity (Wildman–Crippen MR) is 152 cm³/mol. The first-order valence-corrected chi connectivity index (χ1v) is 15.8. The SMILES string of the molecule is CC1=C2C(=O)[C@H]3[C@@H](CC=C4C[C@@H](O)CC[C@@]43C)[C@@H]2CC[C@@]1(C)[C@H](C)[C@H]1[C@H](O)C[C@H](C)CN1CCNC1CC1. The Kier molecular flexibility index (Phi) is 7.02. The zero-order valence-corrected chi connectivity index (χ0v) is 24.5. The van der Waals surface area contributed by atoms with Crippen molar-refractivity contribution < 1.29 is 15.0 Å². The van der Waals surface area contributed by atoms with Gasteiger partial charge in [-0.1, -0.05) is 44.9 Å². The van der Waals surface area contributed by atoms with Crippen LogP contribution in [0.3, 0.4) is 0 Å². The van der Waals surface area contributed by atoms with E-state index < -0.39 is 0 Å². The van der Waals surface area contributed by atoms with Crippen LogP contribution < -0.4 is 5.32 Å². The van der Waals surface area contributed by atoms with Crippen LogP contribution >= 0.6 is 0 Å². The Hall–Kier alpha value is -1.01. The highest BCUT2D eigenvalue weighted by Gasteiger charge is 2.60. The van der Waals surface area contributed by atoms with Gasteiger partial charge in [-0.25, -0.2) is 0 Å². The topological polar surface area (TPSA) is 72.8 Å². The first-order valence-electron chi connectivity index (χ1n) is 15.8. The molecule has 6 rings (SSSR count). The van der Waals surface area contributed by atoms with Gasteiger partial charge in [0.2, 0.25) is 0 Å². The Morgan fingerprint density at radius 3 is 2.66 bits per heavy atom. The molecule has 1 heterocycles. The van der Waals surface area contributed by atoms with Gasteiger partial charge >= 0.3 is 0 Å². The van der Waals surface area contributed by atoms with E-state index >= 15 is 0 Å². The number of carbonyl (C=O) groups is 1. The molecule has 10 atom stereocenters. The standard InChI is InChI=1S/C33H52N2O3/c1-19-16-27(37)30(35(18-19)15-14-34-23-7-8-23)21(3)32(4)13-11-25-26-9-6-22-17-24(36)10-12-33(22,5)29(26)31(38)28(25)20(32)2/h6,19,21,23-27,29-30,34,36-37H,7-18H2,1-5H3/t19-,21+,24-,25-,26-,27+,29+,30-,32+,33-/m0/s1. The minimum atomic E-state index is -0.316. The van der Waals surface area contributed by atoms with Crippen LogP contribution in [-0.2, 0) is 4.79 Å². The lowest BCUT2D eigenvalue weighted by molar-refractivity contribution is -0.123. The number of carbonyl (C=O) groups excluding carboxylic acids is 1. The summed E-state index contributed by atoms with van der Waals surface area (Å²) in [5, 5.41) is 25.5. The van der Waals surface area contributed by atoms with Crippen molar-refractivity contribution in [3.63, 3.8) is 0 Å². The van der Waals surface area contributed by atoms with E-state index in [0.717, 1.165) is 70.2 Å². The van der Waals surface area contributed by atoms with E-state index in [1.165, 1.54) is 24.0 Å². The maximum atomic E-state index is 14.4. The number of rotatable bonds is 6. The van der Waals surface area contributed by atoms with Crippen LogP contribution in [0.15, 0.2) is 22.8 Å². The number of piperidine rings is 1. The van der Waals surface area contributed by atoms with Crippen molar-refractivity contribution in [2.75, 3.05) is 19.6 Å². The van der Waals surface area contributed by atoms with Crippen molar-refractivity contribution in [2.24, 2.45) is 40.4 Å². The number of aliphatic hydroxyl groups excluding tert-OH is 2. The van der Waals surface area contributed by atoms with Crippen molar-refractivity contribution in [1.82, 2.24) is 10.2 Å². The second-order valence-corrected chi connectivity index (χ2v) is 14.8. The Labute approximate surface area is 230 Å². The number of Topliss-reactive ketones (excluding diaryl/α,β-unsaturated/α-hetero) is 1. The Morgan fingerprint density at radius 2 is 1.92 bits per heavy atom. The fraction of sp³-hybridized carbons (Fsp3) is 0.848. The van der Waals surface area contributed by atoms with Crippen LogP contribution in [0, 0.1) is 40.4 Å². The Bertz CT molecular complexity index is 1020. The van der Waals surface area contributed by atoms with Crippen LogP contribution in [0.2, 0.25) is 0 Å². The molecule has 1 saturated heterocycles. The van der Waals surface area contributed by atoms with E-state index in [1.807, 2.05) is 0 Å². The normalized spacial score (nSPS) is 46.3. The molecule has 6 aliphatic rings. The summed E-state index contributed by atoms with van der Waals surface area (Å²) in [5.74, 6) is 2.08. The van der Waals surface area contributed by atoms with Crippen LogP contribution in [0.25, 0.3) is 0 Å². The summed E-state index contributed by atoms with van der Waals surface area (Å²) in [7, 11) is 0. The summed E-state index contributed by atoms with van der Waals surface area (Å²) in [6.45, 7) is 14.7. The van der Waals surface area contributed by atoms with Crippen molar-refractivity contribution in [2.45, 2.75) is 117 Å². The molecule has 0 aromatic rings. The fourth-order valence-electron chi connectivity index (χ4n) is 9.92. The summed E-state index contributed by atoms with van der Waals surface area (Å²) >= 11 is 0. The first kappa shape index (κ1) is 27.2. The van der Waals surface area contributed by atoms with E-state index in [0.29, 0.717) is 29.6 Å². The van der Waals surface area contributed by atoms with E-state index in [2.05, 4.69) is 50.9 Å². The number of fused-ring (bicyclic) bond motifs is 5. The molecule has 38 heavy (non-hydrogen) atoms. The minimum Gasteiger partial charge on any atom is -0.393 e. The van der Waals surface area contributed by atoms with Crippen LogP contribution in [0.5, 0.6) is 0 Å². The van der Waals surface area contributed by atoms with Crippen molar-refractivity contribution in [3.05, 3.63) is 22.8 Å². The molecule has 0 radical (unpaired) electrons. The molecule has 0 aromatic heterocycles. The van der Waals surface area contributed by atoms with Crippen LogP contribution in [0.1, 0.15) is 92.4 Å². The molecule has 5 aliphatic carbocycles. The Balaban J connectivity index is 1.28. The van der Waals surface area contributed by atoms with Crippen LogP contribution in [-0.4, -0.2) is 64.8 Å². The lowest BCUT2D eigenvalue weighted by Crippen LogP contribution is -2.58. The highest BCUT2D eigenvalue weighted by atomic mass is 16.3. The number of ketones is 1. The number of hydrogen-bond acceptors (Lipinski definition) is 5. The second kappa shape index (κ2) is 9.82. The average molecular weight is 525 g/mol. The van der Waals surface area contributed by atoms with Gasteiger partial charge in [-0.15, -0.1) is 0 Å². The molecule has 3 N–H and O–H groups in total. The van der Waals surface area contributed by atoms with Gasteiger partial charge in [-0.05, 0) is 105 Å². The number of nitrogens with one attached hydrogen (secondary N) is 1. The summed E-state index contributed by atoms with van der Waals surface area (Å²) in [6, 6.07) is 0.840. The zero-order chi connectivity index (χ0) is 27.0. The first-order chi connectivity index (χ1) is 18.0. The molecule has 5 heteroatoms. The third-order valence-corrected chi connectivity index (χ3v) is 12.5. The van der Waals surface area contributed by atoms with Gasteiger partial charge in [0.25, 0.3) is 0 Å². The average Bonchev–Trinajstić information content (AvgIpc) is 3.63. The molecule has 0 spiro atoms. The van der Waals surface area contributed by atoms with E-state index in [-0.39, 0.29) is 40.9 Å². The number of nitrogens with zero attached hydrogens (tertiary/aromatic N) is 1. The largest absolute Gasteiger partial charge is 0.393 e. The van der Waals surface area contributed by atoms with Crippen molar-refractivity contribution in [3.8, 4) is 0 Å². The minimum absolute atomic E-state index is 0.0775. The molecule has 4 fully saturated rings. The fourth-order valence-corrected chi connectivity index (χ4v) is 9.92. The zero-order valence-electron chi connectivity index (χ0n) is 24.5. The third kappa shape index (κ3) is 4.30. The maximum Gasteiger partial charge on any atom is 0.163 e. The predicted octanol–water partition coefficient (Wildman–Crippen LogP) is 4.87. The number of hydrogen-bond donors (Lipinski definition) is 3. The second-order valence-electron chi connectivity index (χ2n) is 14.8. The molecule has 0 unspecified atom stereocenters. The summed E-state index contributed by atoms with van der Waals surface area (Å²) in [5.41, 5.74) is 3.65. The molecule has 0 amide bonds. The van der Waals surface area contributed by atoms with Crippen molar-refractivity contribution in [1.29, 1.82) is 0 Å². The molecule has 5 nitrogen and oxygen atoms in total. The molecule has 0 aromatic carbocycles. The van der Waals surface area contributed by atoms with Gasteiger partial charge in [0, 0.05) is 37.6 Å². The van der Waals surface area contributed by atoms with Crippen molar-refractivity contribution >= 4 is 5.78 Å². The molecule has 0 bridgehead atoms. The molecular formula is C33H52N2O3. The number of allylic oxidation sites excluding steroid dienone is 3. The third-order valence-electron chi connectivity index (χ3n) is 12.5. The number of likely N-dealkylation sites (tertiary alicyclic amines) is 1. The summed E-state index contributed by atoms with van der Waals surface area (Å²) in [4.78, 5) is 17.0. The van der Waals surface area contributed by atoms with Gasteiger partial charge in [0.05, 0.1) is 12.2 Å². The van der Waals surface area contributed by atoms with Crippen LogP contribution in [0.4, 0.5) is 0 Å². The molecular weight excluding hydrogens is 472 g/mol. The lowest BCUT2D eigenvalue weighted by atomic mass is 9.56. The maximum absolute atomic E-state index is 14.4. The van der Waals surface area contributed by atoms with E-state index in [9.17, 15) is 15.0 Å². The van der Waals surface area contributed by atoms with Gasteiger partial charge in [-0.2, -0.15) is 0 Å². The summed E-state index contributed by atoms with van der Waals surface area (Å²) < 4.78 is 0. The molecule has 1 aliphatic heterocycles. The van der Waals surface area contributed by atoms with Gasteiger partial charge in [0.1, 0.15) is 0 Å². The lowest BCUT2D eigenvalue weighted by Gasteiger charge is -2.52. The number of aliphatic hydroxyl groups is 2. The van der Waals surface area contributed by atoms with Gasteiger partial charge in [-0.3, -0.25) is 9.69 Å². The highest BCUT2D eigenvalue weighted by Crippen LogP contribution is 2.63. The quantitative estimate of drug-likeness (QED) is 0.432. The van der Waals surface area contributed by atoms with E-state index in [1.54, 1.807) is 0 Å². The summed E-state index contributed by atoms with van der Waals surface area (Å²) in [6.07, 6.45) is 11.0. The highest BCUT2D eigenvalue weighted by molar-refractivity contribution is 6.02. The molecule has 212 valence electrons. The van der Waals surface area contributed by atoms with Gasteiger partial charge < -0.3 is 15.5 Å². The molecule has 3 saturated carbocycles. The smallest absolute Gasteiger partial charge is 0.163 e. The monoisotopic (exact) mass is 524 g/mol. The van der Waals surface area contributed by atoms with E-state index in [4.69, 9.17) is 0 Å².